The van der Waals surface area contributed by atoms with Crippen LogP contribution in [0.3, 0.4) is 0 Å². The van der Waals surface area contributed by atoms with E-state index in [4.69, 9.17) is 0 Å². The first-order chi connectivity index (χ1) is 10.1. The average Bonchev–Trinajstić information content (AvgIpc) is 2.51. The van der Waals surface area contributed by atoms with E-state index in [9.17, 15) is 0 Å². The highest BCUT2D eigenvalue weighted by Crippen LogP contribution is 2.35. The van der Waals surface area contributed by atoms with Crippen LogP contribution in [0.4, 0.5) is 5.95 Å². The van der Waals surface area contributed by atoms with E-state index in [2.05, 4.69) is 34.0 Å². The van der Waals surface area contributed by atoms with Crippen LogP contribution in [0, 0.1) is 5.41 Å². The summed E-state index contributed by atoms with van der Waals surface area (Å²) in [5, 5.41) is 3.90. The molecule has 1 aliphatic carbocycles. The zero-order valence-corrected chi connectivity index (χ0v) is 13.4. The fraction of sp³-hybridized carbons (Fsp3) is 0.765. The van der Waals surface area contributed by atoms with Crippen molar-refractivity contribution < 1.29 is 0 Å². The Morgan fingerprint density at radius 2 is 1.81 bits per heavy atom. The number of anilines is 1. The minimum Gasteiger partial charge on any atom is -0.339 e. The second kappa shape index (κ2) is 6.30. The van der Waals surface area contributed by atoms with Crippen molar-refractivity contribution in [2.24, 2.45) is 5.41 Å². The topological polar surface area (TPSA) is 41.0 Å². The lowest BCUT2D eigenvalue weighted by atomic mass is 9.75. The van der Waals surface area contributed by atoms with Crippen molar-refractivity contribution in [3.05, 3.63) is 18.5 Å². The summed E-state index contributed by atoms with van der Waals surface area (Å²) >= 11 is 0. The Labute approximate surface area is 128 Å². The second-order valence-electron chi connectivity index (χ2n) is 7.44. The molecular weight excluding hydrogens is 260 g/mol. The molecule has 0 bridgehead atoms. The van der Waals surface area contributed by atoms with Gasteiger partial charge in [-0.05, 0) is 50.0 Å². The molecule has 0 spiro atoms. The lowest BCUT2D eigenvalue weighted by Crippen LogP contribution is -2.50. The number of piperidine rings is 1. The fourth-order valence-electron chi connectivity index (χ4n) is 3.65. The third kappa shape index (κ3) is 3.94. The van der Waals surface area contributed by atoms with E-state index in [0.29, 0.717) is 17.5 Å². The lowest BCUT2D eigenvalue weighted by Gasteiger charge is -2.39. The first-order valence-corrected chi connectivity index (χ1v) is 8.40. The second-order valence-corrected chi connectivity index (χ2v) is 7.44. The predicted octanol–water partition coefficient (Wildman–Crippen LogP) is 3.00. The maximum Gasteiger partial charge on any atom is 0.225 e. The summed E-state index contributed by atoms with van der Waals surface area (Å²) < 4.78 is 0. The van der Waals surface area contributed by atoms with Crippen LogP contribution in [0.15, 0.2) is 18.5 Å². The van der Waals surface area contributed by atoms with E-state index >= 15 is 0 Å². The van der Waals surface area contributed by atoms with Crippen molar-refractivity contribution in [2.45, 2.75) is 64.5 Å². The largest absolute Gasteiger partial charge is 0.339 e. The number of nitrogens with zero attached hydrogens (tertiary/aromatic N) is 3. The third-order valence-corrected chi connectivity index (χ3v) is 5.07. The van der Waals surface area contributed by atoms with E-state index in [1.165, 1.54) is 38.5 Å². The van der Waals surface area contributed by atoms with Crippen molar-refractivity contribution in [3.8, 4) is 0 Å². The standard InChI is InChI=1S/C17H28N4/c1-17(2)8-6-14(7-9-17)20-15-5-3-12-21(13-15)16-18-10-4-11-19-16/h4,10-11,14-15,20H,3,5-9,12-13H2,1-2H3. The van der Waals surface area contributed by atoms with Gasteiger partial charge in [-0.3, -0.25) is 0 Å². The van der Waals surface area contributed by atoms with Crippen LogP contribution in [0.2, 0.25) is 0 Å². The van der Waals surface area contributed by atoms with Crippen LogP contribution < -0.4 is 10.2 Å². The average molecular weight is 288 g/mol. The molecule has 1 unspecified atom stereocenters. The number of nitrogens with one attached hydrogen (secondary N) is 1. The SMILES string of the molecule is CC1(C)CCC(NC2CCCN(c3ncccn3)C2)CC1. The maximum absolute atomic E-state index is 4.39. The summed E-state index contributed by atoms with van der Waals surface area (Å²) in [6.07, 6.45) is 11.5. The van der Waals surface area contributed by atoms with E-state index in [1.807, 2.05) is 18.5 Å². The molecular formula is C17H28N4. The molecule has 3 rings (SSSR count). The van der Waals surface area contributed by atoms with Crippen molar-refractivity contribution in [1.29, 1.82) is 0 Å². The van der Waals surface area contributed by atoms with E-state index in [0.717, 1.165) is 19.0 Å². The van der Waals surface area contributed by atoms with Crippen LogP contribution in [0.1, 0.15) is 52.4 Å². The Hall–Kier alpha value is -1.16. The van der Waals surface area contributed by atoms with Gasteiger partial charge in [0.1, 0.15) is 0 Å². The summed E-state index contributed by atoms with van der Waals surface area (Å²) in [7, 11) is 0. The summed E-state index contributed by atoms with van der Waals surface area (Å²) in [5.74, 6) is 0.883. The molecule has 4 nitrogen and oxygen atoms in total. The molecule has 1 aliphatic heterocycles. The predicted molar refractivity (Wildman–Crippen MR) is 86.4 cm³/mol. The lowest BCUT2D eigenvalue weighted by molar-refractivity contribution is 0.194. The maximum atomic E-state index is 4.39. The van der Waals surface area contributed by atoms with Gasteiger partial charge in [0.15, 0.2) is 0 Å². The Bertz CT molecular complexity index is 435. The van der Waals surface area contributed by atoms with Gasteiger partial charge < -0.3 is 10.2 Å². The van der Waals surface area contributed by atoms with Crippen LogP contribution in [0.5, 0.6) is 0 Å². The summed E-state index contributed by atoms with van der Waals surface area (Å²) in [6.45, 7) is 6.93. The van der Waals surface area contributed by atoms with Crippen molar-refractivity contribution in [2.75, 3.05) is 18.0 Å². The summed E-state index contributed by atoms with van der Waals surface area (Å²) in [5.41, 5.74) is 0.550. The van der Waals surface area contributed by atoms with Gasteiger partial charge >= 0.3 is 0 Å². The molecule has 1 saturated carbocycles. The molecule has 4 heteroatoms. The smallest absolute Gasteiger partial charge is 0.225 e. The van der Waals surface area contributed by atoms with Gasteiger partial charge in [0.25, 0.3) is 0 Å². The van der Waals surface area contributed by atoms with Gasteiger partial charge in [-0.25, -0.2) is 9.97 Å². The van der Waals surface area contributed by atoms with Crippen molar-refractivity contribution >= 4 is 5.95 Å². The molecule has 1 saturated heterocycles. The van der Waals surface area contributed by atoms with Crippen LogP contribution in [0.25, 0.3) is 0 Å². The minimum absolute atomic E-state index is 0.550. The summed E-state index contributed by atoms with van der Waals surface area (Å²) in [6, 6.07) is 3.18. The number of hydrogen-bond donors (Lipinski definition) is 1. The zero-order valence-electron chi connectivity index (χ0n) is 13.4. The first-order valence-electron chi connectivity index (χ1n) is 8.40. The van der Waals surface area contributed by atoms with Crippen molar-refractivity contribution in [1.82, 2.24) is 15.3 Å². The van der Waals surface area contributed by atoms with E-state index in [1.54, 1.807) is 0 Å². The van der Waals surface area contributed by atoms with E-state index < -0.39 is 0 Å². The molecule has 1 N–H and O–H groups in total. The Balaban J connectivity index is 1.53. The molecule has 116 valence electrons. The number of aromatic nitrogens is 2. The molecule has 2 heterocycles. The highest BCUT2D eigenvalue weighted by atomic mass is 15.3. The number of rotatable bonds is 3. The van der Waals surface area contributed by atoms with Crippen LogP contribution >= 0.6 is 0 Å². The molecule has 21 heavy (non-hydrogen) atoms. The molecule has 2 fully saturated rings. The van der Waals surface area contributed by atoms with Gasteiger partial charge in [-0.1, -0.05) is 13.8 Å². The van der Waals surface area contributed by atoms with E-state index in [-0.39, 0.29) is 0 Å². The van der Waals surface area contributed by atoms with Crippen LogP contribution in [-0.4, -0.2) is 35.1 Å². The molecule has 1 atom stereocenters. The number of hydrogen-bond acceptors (Lipinski definition) is 4. The van der Waals surface area contributed by atoms with Gasteiger partial charge in [-0.2, -0.15) is 0 Å². The first kappa shape index (κ1) is 14.8. The van der Waals surface area contributed by atoms with Gasteiger partial charge in [-0.15, -0.1) is 0 Å². The Morgan fingerprint density at radius 3 is 2.52 bits per heavy atom. The van der Waals surface area contributed by atoms with Gasteiger partial charge in [0.2, 0.25) is 5.95 Å². The van der Waals surface area contributed by atoms with Gasteiger partial charge in [0, 0.05) is 37.6 Å². The summed E-state index contributed by atoms with van der Waals surface area (Å²) in [4.78, 5) is 11.1. The molecule has 0 radical (unpaired) electrons. The Morgan fingerprint density at radius 1 is 1.10 bits per heavy atom. The van der Waals surface area contributed by atoms with Crippen LogP contribution in [-0.2, 0) is 0 Å². The van der Waals surface area contributed by atoms with Gasteiger partial charge in [0.05, 0.1) is 0 Å². The molecule has 0 amide bonds. The molecule has 0 aromatic carbocycles. The zero-order chi connectivity index (χ0) is 14.7. The highest BCUT2D eigenvalue weighted by Gasteiger charge is 2.29. The highest BCUT2D eigenvalue weighted by molar-refractivity contribution is 5.29. The molecule has 1 aromatic heterocycles. The monoisotopic (exact) mass is 288 g/mol. The minimum atomic E-state index is 0.550. The molecule has 1 aromatic rings. The molecule has 2 aliphatic rings. The normalized spacial score (nSPS) is 26.8. The quantitative estimate of drug-likeness (QED) is 0.928. The van der Waals surface area contributed by atoms with Crippen molar-refractivity contribution in [3.63, 3.8) is 0 Å². The fourth-order valence-corrected chi connectivity index (χ4v) is 3.65. The third-order valence-electron chi connectivity index (χ3n) is 5.07. The Kier molecular flexibility index (Phi) is 4.43.